The minimum absolute atomic E-state index is 0. The number of likely N-dealkylation sites (tertiary alicyclic amines) is 1. The lowest BCUT2D eigenvalue weighted by Crippen LogP contribution is -2.43. The molecule has 1 unspecified atom stereocenters. The first-order valence-corrected chi connectivity index (χ1v) is 11.7. The molecule has 0 amide bonds. The maximum atomic E-state index is 11.6. The highest BCUT2D eigenvalue weighted by Gasteiger charge is 2.28. The summed E-state index contributed by atoms with van der Waals surface area (Å²) in [5.74, 6) is 1.97. The standard InChI is InChI=1S/C20H32N4O2S.HI/c1-16-6-9-24(10-7-16)14-18-5-3-4-17(12-18)13-22-20(21-2)23-19-8-11-27(25,26)15-19;/h3-5,12,16,19H,6-11,13-15H2,1-2H3,(H2,21,22,23);1H. The molecule has 0 spiro atoms. The summed E-state index contributed by atoms with van der Waals surface area (Å²) in [4.78, 5) is 6.76. The van der Waals surface area contributed by atoms with Gasteiger partial charge in [-0.05, 0) is 49.4 Å². The van der Waals surface area contributed by atoms with E-state index in [-0.39, 0.29) is 41.5 Å². The Morgan fingerprint density at radius 1 is 1.21 bits per heavy atom. The van der Waals surface area contributed by atoms with Crippen LogP contribution in [0.2, 0.25) is 0 Å². The van der Waals surface area contributed by atoms with Crippen LogP contribution in [0.4, 0.5) is 0 Å². The minimum atomic E-state index is -2.89. The van der Waals surface area contributed by atoms with Crippen LogP contribution in [0.25, 0.3) is 0 Å². The van der Waals surface area contributed by atoms with Gasteiger partial charge >= 0.3 is 0 Å². The Balaban J connectivity index is 0.00000280. The number of aliphatic imine (C=N–C) groups is 1. The summed E-state index contributed by atoms with van der Waals surface area (Å²) in [6, 6.07) is 8.62. The second-order valence-corrected chi connectivity index (χ2v) is 10.2. The fourth-order valence-electron chi connectivity index (χ4n) is 3.80. The monoisotopic (exact) mass is 520 g/mol. The largest absolute Gasteiger partial charge is 0.353 e. The highest BCUT2D eigenvalue weighted by molar-refractivity contribution is 14.0. The Kier molecular flexibility index (Phi) is 9.01. The molecule has 8 heteroatoms. The minimum Gasteiger partial charge on any atom is -0.353 e. The van der Waals surface area contributed by atoms with Crippen LogP contribution in [0, 0.1) is 5.92 Å². The Morgan fingerprint density at radius 2 is 1.93 bits per heavy atom. The van der Waals surface area contributed by atoms with E-state index in [1.807, 2.05) is 0 Å². The number of halogens is 1. The quantitative estimate of drug-likeness (QED) is 0.355. The Labute approximate surface area is 186 Å². The lowest BCUT2D eigenvalue weighted by molar-refractivity contribution is 0.185. The molecular weight excluding hydrogens is 487 g/mol. The van der Waals surface area contributed by atoms with E-state index in [0.717, 1.165) is 12.5 Å². The molecule has 6 nitrogen and oxygen atoms in total. The van der Waals surface area contributed by atoms with Gasteiger partial charge in [-0.1, -0.05) is 31.2 Å². The Bertz CT molecular complexity index is 761. The predicted molar refractivity (Wildman–Crippen MR) is 126 cm³/mol. The maximum Gasteiger partial charge on any atom is 0.191 e. The van der Waals surface area contributed by atoms with Crippen molar-refractivity contribution >= 4 is 39.8 Å². The molecule has 0 aliphatic carbocycles. The highest BCUT2D eigenvalue weighted by Crippen LogP contribution is 2.18. The predicted octanol–water partition coefficient (Wildman–Crippen LogP) is 2.39. The summed E-state index contributed by atoms with van der Waals surface area (Å²) < 4.78 is 23.2. The van der Waals surface area contributed by atoms with Crippen LogP contribution in [0.3, 0.4) is 0 Å². The molecule has 2 N–H and O–H groups in total. The molecule has 2 fully saturated rings. The summed E-state index contributed by atoms with van der Waals surface area (Å²) in [6.45, 7) is 6.39. The summed E-state index contributed by atoms with van der Waals surface area (Å²) in [5, 5.41) is 6.53. The first-order chi connectivity index (χ1) is 12.9. The average Bonchev–Trinajstić information content (AvgIpc) is 2.99. The third-order valence-electron chi connectivity index (χ3n) is 5.53. The van der Waals surface area contributed by atoms with Crippen molar-refractivity contribution in [2.75, 3.05) is 31.6 Å². The topological polar surface area (TPSA) is 73.8 Å². The molecule has 0 aromatic heterocycles. The van der Waals surface area contributed by atoms with Crippen molar-refractivity contribution in [1.82, 2.24) is 15.5 Å². The van der Waals surface area contributed by atoms with Crippen LogP contribution in [0.15, 0.2) is 29.3 Å². The van der Waals surface area contributed by atoms with Gasteiger partial charge in [-0.15, -0.1) is 24.0 Å². The van der Waals surface area contributed by atoms with Crippen molar-refractivity contribution in [3.8, 4) is 0 Å². The van der Waals surface area contributed by atoms with Crippen LogP contribution >= 0.6 is 24.0 Å². The third kappa shape index (κ3) is 7.18. The first kappa shape index (κ1) is 23.4. The molecule has 1 atom stereocenters. The molecular formula is C20H33IN4O2S. The van der Waals surface area contributed by atoms with Gasteiger partial charge in [-0.3, -0.25) is 9.89 Å². The second kappa shape index (κ2) is 10.8. The molecule has 2 aliphatic heterocycles. The van der Waals surface area contributed by atoms with Gasteiger partial charge < -0.3 is 10.6 Å². The molecule has 0 radical (unpaired) electrons. The molecule has 28 heavy (non-hydrogen) atoms. The zero-order valence-corrected chi connectivity index (χ0v) is 20.0. The normalized spacial score (nSPS) is 23.2. The summed E-state index contributed by atoms with van der Waals surface area (Å²) >= 11 is 0. The fourth-order valence-corrected chi connectivity index (χ4v) is 5.47. The summed E-state index contributed by atoms with van der Waals surface area (Å²) in [7, 11) is -1.17. The van der Waals surface area contributed by atoms with E-state index in [0.29, 0.717) is 18.9 Å². The molecule has 0 bridgehead atoms. The molecule has 158 valence electrons. The van der Waals surface area contributed by atoms with E-state index in [1.54, 1.807) is 7.05 Å². The molecule has 2 heterocycles. The number of nitrogens with zero attached hydrogens (tertiary/aromatic N) is 2. The van der Waals surface area contributed by atoms with Gasteiger partial charge in [0.1, 0.15) is 0 Å². The van der Waals surface area contributed by atoms with E-state index >= 15 is 0 Å². The SMILES string of the molecule is CN=C(NCc1cccc(CN2CCC(C)CC2)c1)NC1CCS(=O)(=O)C1.I. The van der Waals surface area contributed by atoms with Gasteiger partial charge in [0, 0.05) is 26.2 Å². The van der Waals surface area contributed by atoms with E-state index in [1.165, 1.54) is 37.1 Å². The highest BCUT2D eigenvalue weighted by atomic mass is 127. The van der Waals surface area contributed by atoms with Crippen molar-refractivity contribution in [3.63, 3.8) is 0 Å². The van der Waals surface area contributed by atoms with Gasteiger partial charge in [-0.25, -0.2) is 8.42 Å². The van der Waals surface area contributed by atoms with Crippen molar-refractivity contribution in [2.24, 2.45) is 10.9 Å². The Morgan fingerprint density at radius 3 is 2.57 bits per heavy atom. The van der Waals surface area contributed by atoms with Crippen LogP contribution in [-0.2, 0) is 22.9 Å². The zero-order valence-electron chi connectivity index (χ0n) is 16.9. The number of sulfone groups is 1. The first-order valence-electron chi connectivity index (χ1n) is 9.91. The lowest BCUT2D eigenvalue weighted by atomic mass is 9.98. The van der Waals surface area contributed by atoms with Crippen molar-refractivity contribution in [3.05, 3.63) is 35.4 Å². The van der Waals surface area contributed by atoms with Crippen molar-refractivity contribution < 1.29 is 8.42 Å². The number of guanidine groups is 1. The zero-order chi connectivity index (χ0) is 19.3. The van der Waals surface area contributed by atoms with Crippen molar-refractivity contribution in [2.45, 2.75) is 45.3 Å². The average molecular weight is 520 g/mol. The van der Waals surface area contributed by atoms with E-state index in [9.17, 15) is 8.42 Å². The van der Waals surface area contributed by atoms with Crippen LogP contribution in [0.5, 0.6) is 0 Å². The number of rotatable bonds is 5. The second-order valence-electron chi connectivity index (χ2n) is 7.95. The van der Waals surface area contributed by atoms with Crippen LogP contribution in [0.1, 0.15) is 37.3 Å². The molecule has 3 rings (SSSR count). The van der Waals surface area contributed by atoms with Crippen LogP contribution in [-0.4, -0.2) is 57.0 Å². The van der Waals surface area contributed by atoms with Crippen molar-refractivity contribution in [1.29, 1.82) is 0 Å². The van der Waals surface area contributed by atoms with E-state index < -0.39 is 9.84 Å². The van der Waals surface area contributed by atoms with Gasteiger partial charge in [0.2, 0.25) is 0 Å². The summed E-state index contributed by atoms with van der Waals surface area (Å²) in [6.07, 6.45) is 3.23. The maximum absolute atomic E-state index is 11.6. The van der Waals surface area contributed by atoms with E-state index in [2.05, 4.69) is 51.7 Å². The van der Waals surface area contributed by atoms with Gasteiger partial charge in [0.25, 0.3) is 0 Å². The molecule has 2 saturated heterocycles. The van der Waals surface area contributed by atoms with Gasteiger partial charge in [-0.2, -0.15) is 0 Å². The number of hydrogen-bond donors (Lipinski definition) is 2. The third-order valence-corrected chi connectivity index (χ3v) is 7.30. The summed E-state index contributed by atoms with van der Waals surface area (Å²) in [5.41, 5.74) is 2.55. The number of hydrogen-bond acceptors (Lipinski definition) is 4. The van der Waals surface area contributed by atoms with Gasteiger partial charge in [0.05, 0.1) is 11.5 Å². The number of nitrogens with one attached hydrogen (secondary N) is 2. The van der Waals surface area contributed by atoms with E-state index in [4.69, 9.17) is 0 Å². The Hall–Kier alpha value is -0.870. The smallest absolute Gasteiger partial charge is 0.191 e. The number of piperidine rings is 1. The molecule has 2 aliphatic rings. The molecule has 1 aromatic carbocycles. The number of benzene rings is 1. The fraction of sp³-hybridized carbons (Fsp3) is 0.650. The van der Waals surface area contributed by atoms with Crippen LogP contribution < -0.4 is 10.6 Å². The molecule has 0 saturated carbocycles. The lowest BCUT2D eigenvalue weighted by Gasteiger charge is -2.30. The molecule has 1 aromatic rings. The van der Waals surface area contributed by atoms with Gasteiger partial charge in [0.15, 0.2) is 15.8 Å².